The number of carbonyl (C=O) groups excluding carboxylic acids is 1. The Balaban J connectivity index is 1.44. The fraction of sp³-hybridized carbons (Fsp3) is 0.320. The number of fused-ring (bicyclic) bond motifs is 1. The zero-order chi connectivity index (χ0) is 20.3. The molecule has 4 heteroatoms. The number of hydrogen-bond donors (Lipinski definition) is 2. The number of β-amino-alcohol motifs (C(OH)–C–C–N with tert-alkyl or cyclic N) is 1. The smallest absolute Gasteiger partial charge is 0.217 e. The van der Waals surface area contributed by atoms with Gasteiger partial charge >= 0.3 is 0 Å². The highest BCUT2D eigenvalue weighted by molar-refractivity contribution is 5.83. The van der Waals surface area contributed by atoms with Crippen LogP contribution in [0.3, 0.4) is 0 Å². The van der Waals surface area contributed by atoms with Crippen LogP contribution in [0.25, 0.3) is 10.8 Å². The fourth-order valence-electron chi connectivity index (χ4n) is 4.46. The summed E-state index contributed by atoms with van der Waals surface area (Å²) in [4.78, 5) is 14.2. The summed E-state index contributed by atoms with van der Waals surface area (Å²) in [7, 11) is 0. The van der Waals surface area contributed by atoms with Gasteiger partial charge in [-0.15, -0.1) is 0 Å². The molecule has 1 aliphatic heterocycles. The molecule has 1 saturated heterocycles. The van der Waals surface area contributed by atoms with Gasteiger partial charge in [-0.3, -0.25) is 4.79 Å². The molecular formula is C25H28N2O2. The van der Waals surface area contributed by atoms with Crippen LogP contribution in [0.15, 0.2) is 72.8 Å². The number of nitrogens with zero attached hydrogens (tertiary/aromatic N) is 1. The van der Waals surface area contributed by atoms with Gasteiger partial charge < -0.3 is 15.3 Å². The molecule has 0 unspecified atom stereocenters. The maximum atomic E-state index is 11.9. The molecule has 4 nitrogen and oxygen atoms in total. The van der Waals surface area contributed by atoms with Crippen molar-refractivity contribution in [3.8, 4) is 0 Å². The SMILES string of the molecule is CC(=O)NC1(c2ccccc2)CCN(C[C@@H](O)c2ccc3ccccc3c2)CC1. The second kappa shape index (κ2) is 8.36. The van der Waals surface area contributed by atoms with Crippen LogP contribution in [0.2, 0.25) is 0 Å². The Morgan fingerprint density at radius 2 is 1.66 bits per heavy atom. The number of piperidine rings is 1. The van der Waals surface area contributed by atoms with Crippen LogP contribution >= 0.6 is 0 Å². The Morgan fingerprint density at radius 1 is 1.00 bits per heavy atom. The number of rotatable bonds is 5. The van der Waals surface area contributed by atoms with Crippen molar-refractivity contribution >= 4 is 16.7 Å². The van der Waals surface area contributed by atoms with E-state index in [0.717, 1.165) is 42.4 Å². The second-order valence-electron chi connectivity index (χ2n) is 8.05. The van der Waals surface area contributed by atoms with Gasteiger partial charge in [0.2, 0.25) is 5.91 Å². The molecule has 1 atom stereocenters. The summed E-state index contributed by atoms with van der Waals surface area (Å²) in [5, 5.41) is 16.4. The lowest BCUT2D eigenvalue weighted by Gasteiger charge is -2.43. The Hall–Kier alpha value is -2.69. The Morgan fingerprint density at radius 3 is 2.34 bits per heavy atom. The third-order valence-corrected chi connectivity index (χ3v) is 6.04. The Kier molecular flexibility index (Phi) is 5.65. The van der Waals surface area contributed by atoms with Gasteiger partial charge in [0.05, 0.1) is 11.6 Å². The van der Waals surface area contributed by atoms with E-state index in [1.165, 1.54) is 5.39 Å². The minimum absolute atomic E-state index is 0.00139. The molecule has 150 valence electrons. The minimum atomic E-state index is -0.524. The van der Waals surface area contributed by atoms with E-state index in [-0.39, 0.29) is 11.4 Å². The lowest BCUT2D eigenvalue weighted by Crippen LogP contribution is -2.53. The molecule has 2 N–H and O–H groups in total. The van der Waals surface area contributed by atoms with Gasteiger partial charge in [0.25, 0.3) is 0 Å². The molecule has 0 aliphatic carbocycles. The molecule has 1 aliphatic rings. The zero-order valence-electron chi connectivity index (χ0n) is 16.8. The molecule has 3 aromatic carbocycles. The first-order valence-electron chi connectivity index (χ1n) is 10.3. The fourth-order valence-corrected chi connectivity index (χ4v) is 4.46. The number of hydrogen-bond acceptors (Lipinski definition) is 3. The van der Waals surface area contributed by atoms with Gasteiger partial charge in [-0.1, -0.05) is 66.7 Å². The molecule has 1 heterocycles. The summed E-state index contributed by atoms with van der Waals surface area (Å²) in [5.74, 6) is -0.00139. The van der Waals surface area contributed by atoms with Crippen molar-refractivity contribution in [2.45, 2.75) is 31.4 Å². The largest absolute Gasteiger partial charge is 0.387 e. The Bertz CT molecular complexity index is 978. The summed E-state index contributed by atoms with van der Waals surface area (Å²) in [6.07, 6.45) is 1.15. The first-order chi connectivity index (χ1) is 14.1. The maximum absolute atomic E-state index is 11.9. The van der Waals surface area contributed by atoms with Crippen LogP contribution in [0.5, 0.6) is 0 Å². The third-order valence-electron chi connectivity index (χ3n) is 6.04. The van der Waals surface area contributed by atoms with E-state index in [9.17, 15) is 9.90 Å². The normalized spacial score (nSPS) is 17.7. The Labute approximate surface area is 172 Å². The van der Waals surface area contributed by atoms with Gasteiger partial charge in [0.15, 0.2) is 0 Å². The van der Waals surface area contributed by atoms with Crippen molar-refractivity contribution in [2.75, 3.05) is 19.6 Å². The average Bonchev–Trinajstić information content (AvgIpc) is 2.75. The van der Waals surface area contributed by atoms with E-state index in [4.69, 9.17) is 0 Å². The second-order valence-corrected chi connectivity index (χ2v) is 8.05. The van der Waals surface area contributed by atoms with E-state index in [0.29, 0.717) is 6.54 Å². The molecule has 1 fully saturated rings. The van der Waals surface area contributed by atoms with Gasteiger partial charge in [-0.2, -0.15) is 0 Å². The number of amides is 1. The number of benzene rings is 3. The molecular weight excluding hydrogens is 360 g/mol. The van der Waals surface area contributed by atoms with Crippen LogP contribution in [0.4, 0.5) is 0 Å². The monoisotopic (exact) mass is 388 g/mol. The maximum Gasteiger partial charge on any atom is 0.217 e. The summed E-state index contributed by atoms with van der Waals surface area (Å²) in [6.45, 7) is 3.85. The van der Waals surface area contributed by atoms with Crippen molar-refractivity contribution in [3.05, 3.63) is 83.9 Å². The molecule has 29 heavy (non-hydrogen) atoms. The quantitative estimate of drug-likeness (QED) is 0.695. The minimum Gasteiger partial charge on any atom is -0.387 e. The highest BCUT2D eigenvalue weighted by atomic mass is 16.3. The highest BCUT2D eigenvalue weighted by Crippen LogP contribution is 2.33. The lowest BCUT2D eigenvalue weighted by atomic mass is 9.80. The van der Waals surface area contributed by atoms with Crippen molar-refractivity contribution in [2.24, 2.45) is 0 Å². The number of nitrogens with one attached hydrogen (secondary N) is 1. The van der Waals surface area contributed by atoms with E-state index >= 15 is 0 Å². The van der Waals surface area contributed by atoms with Crippen LogP contribution in [-0.4, -0.2) is 35.5 Å². The first-order valence-corrected chi connectivity index (χ1v) is 10.3. The van der Waals surface area contributed by atoms with Crippen molar-refractivity contribution < 1.29 is 9.90 Å². The zero-order valence-corrected chi connectivity index (χ0v) is 16.8. The summed E-state index contributed by atoms with van der Waals surface area (Å²) >= 11 is 0. The van der Waals surface area contributed by atoms with Crippen LogP contribution in [0, 0.1) is 0 Å². The van der Waals surface area contributed by atoms with Gasteiger partial charge in [-0.25, -0.2) is 0 Å². The van der Waals surface area contributed by atoms with Gasteiger partial charge in [-0.05, 0) is 40.8 Å². The van der Waals surface area contributed by atoms with Crippen molar-refractivity contribution in [1.82, 2.24) is 10.2 Å². The van der Waals surface area contributed by atoms with E-state index in [1.807, 2.05) is 36.4 Å². The van der Waals surface area contributed by atoms with Crippen molar-refractivity contribution in [3.63, 3.8) is 0 Å². The molecule has 0 saturated carbocycles. The highest BCUT2D eigenvalue weighted by Gasteiger charge is 2.37. The number of likely N-dealkylation sites (tertiary alicyclic amines) is 1. The predicted molar refractivity (Wildman–Crippen MR) is 117 cm³/mol. The van der Waals surface area contributed by atoms with Crippen LogP contribution in [-0.2, 0) is 10.3 Å². The average molecular weight is 389 g/mol. The van der Waals surface area contributed by atoms with Gasteiger partial charge in [0.1, 0.15) is 0 Å². The van der Waals surface area contributed by atoms with E-state index in [1.54, 1.807) is 6.92 Å². The summed E-state index contributed by atoms with van der Waals surface area (Å²) in [6, 6.07) is 24.6. The topological polar surface area (TPSA) is 52.6 Å². The molecule has 3 aromatic rings. The first kappa shape index (κ1) is 19.6. The van der Waals surface area contributed by atoms with Gasteiger partial charge in [0, 0.05) is 26.6 Å². The number of aliphatic hydroxyl groups is 1. The molecule has 0 radical (unpaired) electrons. The lowest BCUT2D eigenvalue weighted by molar-refractivity contribution is -0.121. The summed E-state index contributed by atoms with van der Waals surface area (Å²) < 4.78 is 0. The van der Waals surface area contributed by atoms with Crippen molar-refractivity contribution in [1.29, 1.82) is 0 Å². The number of carbonyl (C=O) groups is 1. The molecule has 1 amide bonds. The molecule has 0 aromatic heterocycles. The molecule has 0 bridgehead atoms. The van der Waals surface area contributed by atoms with E-state index in [2.05, 4.69) is 46.6 Å². The van der Waals surface area contributed by atoms with Crippen LogP contribution < -0.4 is 5.32 Å². The number of aliphatic hydroxyl groups excluding tert-OH is 1. The summed E-state index contributed by atoms with van der Waals surface area (Å²) in [5.41, 5.74) is 1.78. The molecule has 4 rings (SSSR count). The predicted octanol–water partition coefficient (Wildman–Crippen LogP) is 4.00. The van der Waals surface area contributed by atoms with Crippen LogP contribution in [0.1, 0.15) is 37.0 Å². The standard InChI is InChI=1S/C25H28N2O2/c1-19(28)26-25(23-9-3-2-4-10-23)13-15-27(16-14-25)18-24(29)22-12-11-20-7-5-6-8-21(20)17-22/h2-12,17,24,29H,13-16,18H2,1H3,(H,26,28)/t24-/m1/s1. The van der Waals surface area contributed by atoms with E-state index < -0.39 is 6.10 Å². The third kappa shape index (κ3) is 4.34. The molecule has 0 spiro atoms.